The van der Waals surface area contributed by atoms with E-state index in [0.29, 0.717) is 24.4 Å². The summed E-state index contributed by atoms with van der Waals surface area (Å²) in [4.78, 5) is 12.3. The Morgan fingerprint density at radius 3 is 2.48 bits per heavy atom. The molecule has 116 valence electrons. The largest absolute Gasteiger partial charge is 0.396 e. The van der Waals surface area contributed by atoms with Crippen molar-refractivity contribution in [2.75, 3.05) is 6.61 Å². The molecule has 1 aromatic carbocycles. The van der Waals surface area contributed by atoms with Crippen LogP contribution in [0.25, 0.3) is 0 Å². The first kappa shape index (κ1) is 16.0. The van der Waals surface area contributed by atoms with Crippen LogP contribution in [-0.2, 0) is 6.54 Å². The summed E-state index contributed by atoms with van der Waals surface area (Å²) < 4.78 is 0. The second-order valence-electron chi connectivity index (χ2n) is 5.89. The van der Waals surface area contributed by atoms with Crippen LogP contribution in [-0.4, -0.2) is 23.7 Å². The first-order valence-corrected chi connectivity index (χ1v) is 7.95. The maximum Gasteiger partial charge on any atom is 0.251 e. The molecule has 21 heavy (non-hydrogen) atoms. The van der Waals surface area contributed by atoms with Gasteiger partial charge in [-0.05, 0) is 42.9 Å². The monoisotopic (exact) mass is 290 g/mol. The van der Waals surface area contributed by atoms with Gasteiger partial charge in [0, 0.05) is 24.8 Å². The summed E-state index contributed by atoms with van der Waals surface area (Å²) >= 11 is 0. The van der Waals surface area contributed by atoms with Gasteiger partial charge in [0.2, 0.25) is 0 Å². The zero-order valence-corrected chi connectivity index (χ0v) is 12.6. The molecular formula is C17H26N2O2. The predicted molar refractivity (Wildman–Crippen MR) is 83.9 cm³/mol. The first-order chi connectivity index (χ1) is 10.2. The van der Waals surface area contributed by atoms with Gasteiger partial charge < -0.3 is 16.2 Å². The van der Waals surface area contributed by atoms with Gasteiger partial charge in [0.15, 0.2) is 0 Å². The van der Waals surface area contributed by atoms with Gasteiger partial charge in [-0.15, -0.1) is 0 Å². The lowest BCUT2D eigenvalue weighted by molar-refractivity contribution is 0.0899. The Balaban J connectivity index is 1.99. The van der Waals surface area contributed by atoms with Crippen molar-refractivity contribution in [2.45, 2.75) is 51.1 Å². The molecular weight excluding hydrogens is 264 g/mol. The molecule has 1 unspecified atom stereocenters. The molecule has 1 saturated carbocycles. The molecule has 2 rings (SSSR count). The van der Waals surface area contributed by atoms with E-state index in [2.05, 4.69) is 5.32 Å². The van der Waals surface area contributed by atoms with Crippen molar-refractivity contribution in [3.05, 3.63) is 35.4 Å². The maximum atomic E-state index is 12.3. The topological polar surface area (TPSA) is 75.4 Å². The maximum absolute atomic E-state index is 12.3. The van der Waals surface area contributed by atoms with E-state index in [1.165, 1.54) is 19.3 Å². The number of carbonyl (C=O) groups excluding carboxylic acids is 1. The van der Waals surface area contributed by atoms with Crippen molar-refractivity contribution in [3.63, 3.8) is 0 Å². The molecule has 0 aliphatic heterocycles. The Labute approximate surface area is 126 Å². The summed E-state index contributed by atoms with van der Waals surface area (Å²) in [6, 6.07) is 7.48. The number of rotatable bonds is 6. The SMILES string of the molecule is NCc1ccc(C(=O)NC(CCO)C2CCCCC2)cc1. The molecule has 1 aliphatic rings. The molecule has 1 atom stereocenters. The zero-order chi connectivity index (χ0) is 15.1. The molecule has 0 saturated heterocycles. The van der Waals surface area contributed by atoms with Crippen molar-refractivity contribution < 1.29 is 9.90 Å². The summed E-state index contributed by atoms with van der Waals surface area (Å²) in [5.41, 5.74) is 7.24. The van der Waals surface area contributed by atoms with Crippen LogP contribution in [0.1, 0.15) is 54.4 Å². The summed E-state index contributed by atoms with van der Waals surface area (Å²) in [5.74, 6) is 0.445. The molecule has 0 heterocycles. The van der Waals surface area contributed by atoms with Gasteiger partial charge in [0.1, 0.15) is 0 Å². The Kier molecular flexibility index (Phi) is 6.21. The third-order valence-corrected chi connectivity index (χ3v) is 4.43. The van der Waals surface area contributed by atoms with Crippen LogP contribution >= 0.6 is 0 Å². The molecule has 0 spiro atoms. The number of hydrogen-bond acceptors (Lipinski definition) is 3. The fourth-order valence-corrected chi connectivity index (χ4v) is 3.15. The van der Waals surface area contributed by atoms with Gasteiger partial charge in [0.05, 0.1) is 0 Å². The Morgan fingerprint density at radius 1 is 1.24 bits per heavy atom. The van der Waals surface area contributed by atoms with E-state index < -0.39 is 0 Å². The van der Waals surface area contributed by atoms with Gasteiger partial charge >= 0.3 is 0 Å². The van der Waals surface area contributed by atoms with Crippen LogP contribution in [0.2, 0.25) is 0 Å². The van der Waals surface area contributed by atoms with Gasteiger partial charge in [-0.3, -0.25) is 4.79 Å². The molecule has 0 bridgehead atoms. The molecule has 1 aromatic rings. The number of hydrogen-bond donors (Lipinski definition) is 3. The molecule has 1 amide bonds. The van der Waals surface area contributed by atoms with E-state index in [9.17, 15) is 9.90 Å². The van der Waals surface area contributed by atoms with Crippen molar-refractivity contribution in [1.29, 1.82) is 0 Å². The molecule has 4 N–H and O–H groups in total. The second-order valence-corrected chi connectivity index (χ2v) is 5.89. The Hall–Kier alpha value is -1.39. The predicted octanol–water partition coefficient (Wildman–Crippen LogP) is 2.21. The average molecular weight is 290 g/mol. The Morgan fingerprint density at radius 2 is 1.90 bits per heavy atom. The normalized spacial score (nSPS) is 17.4. The fraction of sp³-hybridized carbons (Fsp3) is 0.588. The molecule has 4 heteroatoms. The van der Waals surface area contributed by atoms with Crippen LogP contribution in [0.5, 0.6) is 0 Å². The standard InChI is InChI=1S/C17H26N2O2/c18-12-13-6-8-15(9-7-13)17(21)19-16(10-11-20)14-4-2-1-3-5-14/h6-9,14,16,20H,1-5,10-12,18H2,(H,19,21). The van der Waals surface area contributed by atoms with E-state index in [0.717, 1.165) is 18.4 Å². The number of benzene rings is 1. The number of carbonyl (C=O) groups is 1. The van der Waals surface area contributed by atoms with Crippen LogP contribution in [0.15, 0.2) is 24.3 Å². The van der Waals surface area contributed by atoms with Crippen molar-refractivity contribution in [1.82, 2.24) is 5.32 Å². The van der Waals surface area contributed by atoms with E-state index in [4.69, 9.17) is 5.73 Å². The van der Waals surface area contributed by atoms with Crippen LogP contribution in [0.3, 0.4) is 0 Å². The summed E-state index contributed by atoms with van der Waals surface area (Å²) in [6.45, 7) is 0.602. The van der Waals surface area contributed by atoms with Gasteiger partial charge in [0.25, 0.3) is 5.91 Å². The van der Waals surface area contributed by atoms with Crippen LogP contribution in [0.4, 0.5) is 0 Å². The molecule has 1 aliphatic carbocycles. The van der Waals surface area contributed by atoms with Crippen molar-refractivity contribution in [2.24, 2.45) is 11.7 Å². The molecule has 0 radical (unpaired) electrons. The van der Waals surface area contributed by atoms with Crippen molar-refractivity contribution in [3.8, 4) is 0 Å². The number of nitrogens with two attached hydrogens (primary N) is 1. The minimum absolute atomic E-state index is 0.0532. The second kappa shape index (κ2) is 8.15. The molecule has 1 fully saturated rings. The molecule has 0 aromatic heterocycles. The van der Waals surface area contributed by atoms with Crippen LogP contribution in [0, 0.1) is 5.92 Å². The highest BCUT2D eigenvalue weighted by atomic mass is 16.3. The van der Waals surface area contributed by atoms with E-state index in [-0.39, 0.29) is 18.6 Å². The van der Waals surface area contributed by atoms with Crippen LogP contribution < -0.4 is 11.1 Å². The lowest BCUT2D eigenvalue weighted by Gasteiger charge is -2.30. The van der Waals surface area contributed by atoms with E-state index >= 15 is 0 Å². The smallest absolute Gasteiger partial charge is 0.251 e. The first-order valence-electron chi connectivity index (χ1n) is 7.95. The number of amides is 1. The van der Waals surface area contributed by atoms with Gasteiger partial charge in [-0.25, -0.2) is 0 Å². The third-order valence-electron chi connectivity index (χ3n) is 4.43. The van der Waals surface area contributed by atoms with E-state index in [1.807, 2.05) is 24.3 Å². The minimum atomic E-state index is -0.0532. The summed E-state index contributed by atoms with van der Waals surface area (Å²) in [7, 11) is 0. The lowest BCUT2D eigenvalue weighted by Crippen LogP contribution is -2.41. The fourth-order valence-electron chi connectivity index (χ4n) is 3.15. The summed E-state index contributed by atoms with van der Waals surface area (Å²) in [6.07, 6.45) is 6.68. The minimum Gasteiger partial charge on any atom is -0.396 e. The van der Waals surface area contributed by atoms with Gasteiger partial charge in [-0.2, -0.15) is 0 Å². The highest BCUT2D eigenvalue weighted by molar-refractivity contribution is 5.94. The number of aliphatic hydroxyl groups excluding tert-OH is 1. The Bertz CT molecular complexity index is 439. The number of aliphatic hydroxyl groups is 1. The van der Waals surface area contributed by atoms with E-state index in [1.54, 1.807) is 0 Å². The highest BCUT2D eigenvalue weighted by Crippen LogP contribution is 2.27. The quantitative estimate of drug-likeness (QED) is 0.752. The van der Waals surface area contributed by atoms with Gasteiger partial charge in [-0.1, -0.05) is 31.4 Å². The lowest BCUT2D eigenvalue weighted by atomic mass is 9.82. The molecule has 4 nitrogen and oxygen atoms in total. The number of nitrogens with one attached hydrogen (secondary N) is 1. The summed E-state index contributed by atoms with van der Waals surface area (Å²) in [5, 5.41) is 12.4. The highest BCUT2D eigenvalue weighted by Gasteiger charge is 2.24. The zero-order valence-electron chi connectivity index (χ0n) is 12.6. The third kappa shape index (κ3) is 4.55. The van der Waals surface area contributed by atoms with Crippen molar-refractivity contribution >= 4 is 5.91 Å². The average Bonchev–Trinajstić information content (AvgIpc) is 2.55.